The molecule has 1 rings (SSSR count). The third-order valence-electron chi connectivity index (χ3n) is 12.3. The number of nitrogens with one attached hydrogen (secondary N) is 1. The van der Waals surface area contributed by atoms with Gasteiger partial charge in [-0.15, -0.1) is 0 Å². The summed E-state index contributed by atoms with van der Waals surface area (Å²) in [6.07, 6.45) is 31.0. The Morgan fingerprint density at radius 3 is 1.01 bits per heavy atom. The summed E-state index contributed by atoms with van der Waals surface area (Å²) in [5.41, 5.74) is 0. The van der Waals surface area contributed by atoms with Crippen molar-refractivity contribution in [2.24, 2.45) is 5.92 Å². The molecule has 0 aromatic heterocycles. The van der Waals surface area contributed by atoms with E-state index < -0.39 is 42.8 Å². The van der Waals surface area contributed by atoms with E-state index in [1.54, 1.807) is 0 Å². The Labute approximate surface area is 426 Å². The first-order chi connectivity index (χ1) is 33.5. The molecular weight excluding hydrogens is 871 g/mol. The Kier molecular flexibility index (Phi) is 53.9. The van der Waals surface area contributed by atoms with Gasteiger partial charge in [-0.3, -0.25) is 9.59 Å². The quantitative estimate of drug-likeness (QED) is 0.0273. The number of carbonyl (C=O) groups is 3. The molecule has 0 heterocycles. The van der Waals surface area contributed by atoms with Gasteiger partial charge in [0.25, 0.3) is 0 Å². The SMILES string of the molecule is CCC.CCC(C)C.CCCCCCCCOC(CCC(=O)OC1CC(NC(=O)OCCCC)CC1OC(=O)CCC(OCCCCCCCC)OCCCCCCCC)OCCCCCCCC. The van der Waals surface area contributed by atoms with E-state index in [4.69, 9.17) is 33.2 Å². The van der Waals surface area contributed by atoms with Crippen molar-refractivity contribution in [1.29, 1.82) is 0 Å². The Hall–Kier alpha value is -1.95. The molecule has 0 aromatic rings. The van der Waals surface area contributed by atoms with Gasteiger partial charge in [0, 0.05) is 58.2 Å². The van der Waals surface area contributed by atoms with Crippen molar-refractivity contribution in [3.05, 3.63) is 0 Å². The molecule has 0 radical (unpaired) electrons. The molecule has 0 aliphatic heterocycles. The lowest BCUT2D eigenvalue weighted by Gasteiger charge is -2.22. The number of carbonyl (C=O) groups excluding carboxylic acids is 3. The molecule has 0 bridgehead atoms. The van der Waals surface area contributed by atoms with Gasteiger partial charge in [-0.1, -0.05) is 217 Å². The van der Waals surface area contributed by atoms with Crippen LogP contribution in [0.25, 0.3) is 0 Å². The molecule has 412 valence electrons. The van der Waals surface area contributed by atoms with Crippen LogP contribution >= 0.6 is 0 Å². The van der Waals surface area contributed by atoms with Gasteiger partial charge in [-0.2, -0.15) is 0 Å². The van der Waals surface area contributed by atoms with Gasteiger partial charge in [-0.25, -0.2) is 4.79 Å². The van der Waals surface area contributed by atoms with Crippen LogP contribution < -0.4 is 5.32 Å². The molecule has 0 aromatic carbocycles. The number of unbranched alkanes of at least 4 members (excludes halogenated alkanes) is 21. The molecule has 69 heavy (non-hydrogen) atoms. The minimum absolute atomic E-state index is 0.111. The molecule has 1 N–H and O–H groups in total. The largest absolute Gasteiger partial charge is 0.458 e. The maximum atomic E-state index is 13.4. The fourth-order valence-electron chi connectivity index (χ4n) is 7.59. The summed E-state index contributed by atoms with van der Waals surface area (Å²) >= 11 is 0. The van der Waals surface area contributed by atoms with Crippen LogP contribution in [-0.2, 0) is 42.7 Å². The van der Waals surface area contributed by atoms with Crippen LogP contribution in [0.4, 0.5) is 4.79 Å². The number of hydrogen-bond donors (Lipinski definition) is 1. The number of alkyl carbamates (subject to hydrolysis) is 1. The molecule has 1 aliphatic carbocycles. The topological polar surface area (TPSA) is 128 Å². The van der Waals surface area contributed by atoms with Crippen LogP contribution in [-0.4, -0.2) is 81.9 Å². The highest BCUT2D eigenvalue weighted by Gasteiger charge is 2.40. The summed E-state index contributed by atoms with van der Waals surface area (Å²) in [5, 5.41) is 2.90. The van der Waals surface area contributed by atoms with Gasteiger partial charge in [-0.05, 0) is 38.0 Å². The van der Waals surface area contributed by atoms with E-state index in [1.165, 1.54) is 116 Å². The van der Waals surface area contributed by atoms with Crippen LogP contribution in [0.1, 0.15) is 288 Å². The molecule has 2 atom stereocenters. The third kappa shape index (κ3) is 48.1. The van der Waals surface area contributed by atoms with Crippen LogP contribution in [0.5, 0.6) is 0 Å². The first-order valence-corrected chi connectivity index (χ1v) is 29.3. The number of amides is 1. The highest BCUT2D eigenvalue weighted by Crippen LogP contribution is 2.28. The zero-order valence-corrected chi connectivity index (χ0v) is 47.1. The summed E-state index contributed by atoms with van der Waals surface area (Å²) in [4.78, 5) is 39.3. The van der Waals surface area contributed by atoms with Gasteiger partial charge in [0.2, 0.25) is 0 Å². The van der Waals surface area contributed by atoms with Crippen LogP contribution in [0.15, 0.2) is 0 Å². The molecule has 11 heteroatoms. The van der Waals surface area contributed by atoms with Gasteiger partial charge < -0.3 is 38.5 Å². The highest BCUT2D eigenvalue weighted by atomic mass is 16.7. The predicted octanol–water partition coefficient (Wildman–Crippen LogP) is 16.7. The fourth-order valence-corrected chi connectivity index (χ4v) is 7.59. The predicted molar refractivity (Wildman–Crippen MR) is 287 cm³/mol. The van der Waals surface area contributed by atoms with Crippen molar-refractivity contribution in [1.82, 2.24) is 5.32 Å². The van der Waals surface area contributed by atoms with Crippen molar-refractivity contribution in [3.63, 3.8) is 0 Å². The molecular formula is C58H115NO10. The van der Waals surface area contributed by atoms with Gasteiger partial charge in [0.15, 0.2) is 12.6 Å². The van der Waals surface area contributed by atoms with E-state index in [1.807, 2.05) is 6.92 Å². The van der Waals surface area contributed by atoms with Crippen LogP contribution in [0, 0.1) is 5.92 Å². The Balaban J connectivity index is 0. The lowest BCUT2D eigenvalue weighted by atomic mass is 10.1. The van der Waals surface area contributed by atoms with Gasteiger partial charge in [0.05, 0.1) is 19.4 Å². The van der Waals surface area contributed by atoms with E-state index in [0.717, 1.165) is 70.1 Å². The minimum Gasteiger partial charge on any atom is -0.458 e. The zero-order chi connectivity index (χ0) is 51.4. The Bertz CT molecular complexity index is 991. The maximum Gasteiger partial charge on any atom is 0.407 e. The summed E-state index contributed by atoms with van der Waals surface area (Å²) in [6, 6.07) is -0.368. The molecule has 0 saturated heterocycles. The smallest absolute Gasteiger partial charge is 0.407 e. The first-order valence-electron chi connectivity index (χ1n) is 29.3. The fraction of sp³-hybridized carbons (Fsp3) is 0.948. The molecule has 1 saturated carbocycles. The van der Waals surface area contributed by atoms with Crippen molar-refractivity contribution in [2.45, 2.75) is 318 Å². The molecule has 1 fully saturated rings. The second kappa shape index (κ2) is 53.8. The van der Waals surface area contributed by atoms with E-state index in [2.05, 4.69) is 67.6 Å². The number of hydrogen-bond acceptors (Lipinski definition) is 10. The number of rotatable bonds is 45. The van der Waals surface area contributed by atoms with E-state index in [0.29, 0.717) is 58.7 Å². The Morgan fingerprint density at radius 2 is 0.725 bits per heavy atom. The molecule has 2 unspecified atom stereocenters. The summed E-state index contributed by atoms with van der Waals surface area (Å²) < 4.78 is 42.0. The molecule has 1 amide bonds. The lowest BCUT2D eigenvalue weighted by molar-refractivity contribution is -0.173. The summed E-state index contributed by atoms with van der Waals surface area (Å²) in [7, 11) is 0. The lowest BCUT2D eigenvalue weighted by Crippen LogP contribution is -2.34. The summed E-state index contributed by atoms with van der Waals surface area (Å²) in [5.74, 6) is 0.0783. The second-order valence-electron chi connectivity index (χ2n) is 19.9. The van der Waals surface area contributed by atoms with Crippen LogP contribution in [0.2, 0.25) is 0 Å². The number of ether oxygens (including phenoxy) is 7. The monoisotopic (exact) mass is 986 g/mol. The van der Waals surface area contributed by atoms with Crippen molar-refractivity contribution < 1.29 is 47.5 Å². The molecule has 0 spiro atoms. The third-order valence-corrected chi connectivity index (χ3v) is 12.3. The van der Waals surface area contributed by atoms with Crippen molar-refractivity contribution >= 4 is 18.0 Å². The van der Waals surface area contributed by atoms with E-state index in [-0.39, 0.29) is 18.9 Å². The number of esters is 2. The van der Waals surface area contributed by atoms with Crippen molar-refractivity contribution in [3.8, 4) is 0 Å². The van der Waals surface area contributed by atoms with E-state index >= 15 is 0 Å². The van der Waals surface area contributed by atoms with Crippen molar-refractivity contribution in [2.75, 3.05) is 33.0 Å². The Morgan fingerprint density at radius 1 is 0.435 bits per heavy atom. The standard InChI is InChI=1S/C50H95NO10.C5H12.C3H8/c1-6-11-16-20-24-28-37-55-48(56-38-29-25-21-17-12-7-2)34-32-46(52)60-44-41-43(51-50(54)59-36-15-10-5)42-45(44)61-47(53)33-35-49(57-39-30-26-22-18-13-8-3)58-40-31-27-23-19-14-9-4;1-4-5(2)3;1-3-2/h43-45,48-49H,6-42H2,1-5H3,(H,51,54);5H,4H2,1-3H3;3H2,1-2H3. The van der Waals surface area contributed by atoms with E-state index in [9.17, 15) is 14.4 Å². The average molecular weight is 987 g/mol. The van der Waals surface area contributed by atoms with Crippen LogP contribution in [0.3, 0.4) is 0 Å². The van der Waals surface area contributed by atoms with Gasteiger partial charge >= 0.3 is 18.0 Å². The second-order valence-corrected chi connectivity index (χ2v) is 19.9. The summed E-state index contributed by atoms with van der Waals surface area (Å²) in [6.45, 7) is 24.5. The maximum absolute atomic E-state index is 13.4. The highest BCUT2D eigenvalue weighted by molar-refractivity contribution is 5.71. The zero-order valence-electron chi connectivity index (χ0n) is 47.1. The first kappa shape index (κ1) is 69.1. The minimum atomic E-state index is -0.701. The molecule has 11 nitrogen and oxygen atoms in total. The molecule has 1 aliphatic rings. The average Bonchev–Trinajstić information content (AvgIpc) is 3.69. The van der Waals surface area contributed by atoms with Gasteiger partial charge in [0.1, 0.15) is 12.2 Å². The normalized spacial score (nSPS) is 15.5.